The highest BCUT2D eigenvalue weighted by molar-refractivity contribution is 7.12. The summed E-state index contributed by atoms with van der Waals surface area (Å²) in [6, 6.07) is 6.99. The van der Waals surface area contributed by atoms with E-state index in [1.165, 1.54) is 15.4 Å². The third-order valence-electron chi connectivity index (χ3n) is 2.36. The minimum absolute atomic E-state index is 0.407. The van der Waals surface area contributed by atoms with Crippen LogP contribution in [0.3, 0.4) is 0 Å². The lowest BCUT2D eigenvalue weighted by atomic mass is 10.2. The summed E-state index contributed by atoms with van der Waals surface area (Å²) < 4.78 is 0. The molecule has 0 aromatic carbocycles. The molecule has 3 heteroatoms. The smallest absolute Gasteiger partial charge is 0.0578 e. The molecule has 0 aliphatic rings. The Hall–Kier alpha value is -0.800. The fraction of sp³-hybridized carbons (Fsp3) is 0.333. The molecule has 1 nitrogen and oxygen atoms in total. The third-order valence-corrected chi connectivity index (χ3v) is 4.46. The zero-order valence-corrected chi connectivity index (χ0v) is 10.6. The molecule has 0 amide bonds. The molecule has 0 saturated heterocycles. The van der Waals surface area contributed by atoms with Crippen LogP contribution in [0.15, 0.2) is 29.0 Å². The Morgan fingerprint density at radius 2 is 2.20 bits per heavy atom. The summed E-state index contributed by atoms with van der Waals surface area (Å²) in [7, 11) is 0. The Balaban J connectivity index is 2.04. The van der Waals surface area contributed by atoms with E-state index in [4.69, 9.17) is 0 Å². The summed E-state index contributed by atoms with van der Waals surface area (Å²) in [4.78, 5) is 2.88. The van der Waals surface area contributed by atoms with Crippen LogP contribution < -0.4 is 5.32 Å². The summed E-state index contributed by atoms with van der Waals surface area (Å²) in [6.07, 6.45) is 1.13. The number of hydrogen-bond acceptors (Lipinski definition) is 3. The van der Waals surface area contributed by atoms with Crippen LogP contribution in [0.25, 0.3) is 0 Å². The lowest BCUT2D eigenvalue weighted by molar-refractivity contribution is 0.909. The largest absolute Gasteiger partial charge is 0.377 e. The summed E-state index contributed by atoms with van der Waals surface area (Å²) in [5, 5.41) is 7.74. The first-order valence-electron chi connectivity index (χ1n) is 5.17. The van der Waals surface area contributed by atoms with Crippen molar-refractivity contribution in [3.05, 3.63) is 38.7 Å². The molecule has 2 rings (SSSR count). The number of aryl methyl sites for hydroxylation is 1. The van der Waals surface area contributed by atoms with Gasteiger partial charge in [-0.2, -0.15) is 11.3 Å². The Morgan fingerprint density at radius 1 is 1.33 bits per heavy atom. The molecular formula is C12H15NS2. The van der Waals surface area contributed by atoms with Crippen LogP contribution in [-0.4, -0.2) is 0 Å². The van der Waals surface area contributed by atoms with Gasteiger partial charge in [0.15, 0.2) is 0 Å². The zero-order chi connectivity index (χ0) is 10.7. The summed E-state index contributed by atoms with van der Waals surface area (Å²) in [5.41, 5.74) is 1.22. The molecule has 2 aromatic rings. The molecular weight excluding hydrogens is 222 g/mol. The zero-order valence-electron chi connectivity index (χ0n) is 8.99. The van der Waals surface area contributed by atoms with Gasteiger partial charge in [-0.3, -0.25) is 0 Å². The van der Waals surface area contributed by atoms with Gasteiger partial charge in [0.25, 0.3) is 0 Å². The van der Waals surface area contributed by atoms with Crippen molar-refractivity contribution in [3.8, 4) is 0 Å². The van der Waals surface area contributed by atoms with Crippen molar-refractivity contribution in [3.63, 3.8) is 0 Å². The second kappa shape index (κ2) is 4.81. The van der Waals surface area contributed by atoms with Gasteiger partial charge in [0, 0.05) is 20.8 Å². The summed E-state index contributed by atoms with van der Waals surface area (Å²) in [6.45, 7) is 4.41. The van der Waals surface area contributed by atoms with Crippen molar-refractivity contribution in [2.75, 3.05) is 5.32 Å². The lowest BCUT2D eigenvalue weighted by Gasteiger charge is -2.11. The fourth-order valence-electron chi connectivity index (χ4n) is 1.48. The van der Waals surface area contributed by atoms with Crippen LogP contribution in [0.1, 0.15) is 29.6 Å². The van der Waals surface area contributed by atoms with Gasteiger partial charge in [0.2, 0.25) is 0 Å². The predicted molar refractivity (Wildman–Crippen MR) is 70.1 cm³/mol. The predicted octanol–water partition coefficient (Wildman–Crippen LogP) is 4.55. The topological polar surface area (TPSA) is 12.0 Å². The molecule has 2 heterocycles. The van der Waals surface area contributed by atoms with E-state index < -0.39 is 0 Å². The highest BCUT2D eigenvalue weighted by Crippen LogP contribution is 2.27. The van der Waals surface area contributed by atoms with E-state index >= 15 is 0 Å². The molecule has 0 aliphatic carbocycles. The second-order valence-electron chi connectivity index (χ2n) is 3.54. The number of nitrogens with one attached hydrogen (secondary N) is 1. The molecule has 0 saturated carbocycles. The normalized spacial score (nSPS) is 12.7. The van der Waals surface area contributed by atoms with Crippen LogP contribution in [0, 0.1) is 0 Å². The van der Waals surface area contributed by atoms with E-state index in [1.807, 2.05) is 11.3 Å². The Bertz CT molecular complexity index is 403. The van der Waals surface area contributed by atoms with E-state index in [2.05, 4.69) is 48.1 Å². The third kappa shape index (κ3) is 2.61. The van der Waals surface area contributed by atoms with Gasteiger partial charge in [0.1, 0.15) is 0 Å². The monoisotopic (exact) mass is 237 g/mol. The van der Waals surface area contributed by atoms with Gasteiger partial charge in [-0.1, -0.05) is 6.92 Å². The molecule has 2 aromatic heterocycles. The van der Waals surface area contributed by atoms with E-state index in [1.54, 1.807) is 11.3 Å². The second-order valence-corrected chi connectivity index (χ2v) is 5.52. The quantitative estimate of drug-likeness (QED) is 0.823. The van der Waals surface area contributed by atoms with Crippen molar-refractivity contribution in [2.24, 2.45) is 0 Å². The minimum Gasteiger partial charge on any atom is -0.377 e. The molecule has 0 radical (unpaired) electrons. The lowest BCUT2D eigenvalue weighted by Crippen LogP contribution is -2.03. The fourth-order valence-corrected chi connectivity index (χ4v) is 3.04. The van der Waals surface area contributed by atoms with Crippen LogP contribution >= 0.6 is 22.7 Å². The van der Waals surface area contributed by atoms with Gasteiger partial charge in [0.05, 0.1) is 6.04 Å². The molecule has 1 atom stereocenters. The number of rotatable bonds is 4. The maximum Gasteiger partial charge on any atom is 0.0578 e. The maximum atomic E-state index is 3.50. The van der Waals surface area contributed by atoms with E-state index in [0.717, 1.165) is 6.42 Å². The molecule has 0 bridgehead atoms. The van der Waals surface area contributed by atoms with Crippen molar-refractivity contribution in [1.29, 1.82) is 0 Å². The van der Waals surface area contributed by atoms with Gasteiger partial charge in [-0.15, -0.1) is 11.3 Å². The minimum atomic E-state index is 0.407. The Kier molecular flexibility index (Phi) is 3.44. The summed E-state index contributed by atoms with van der Waals surface area (Å²) in [5.74, 6) is 0. The standard InChI is InChI=1S/C12H15NS2/c1-3-11-4-5-12(15-11)9(2)13-10-6-7-14-8-10/h4-9,13H,3H2,1-2H3. The van der Waals surface area contributed by atoms with E-state index in [0.29, 0.717) is 6.04 Å². The molecule has 0 aliphatic heterocycles. The van der Waals surface area contributed by atoms with Gasteiger partial charge >= 0.3 is 0 Å². The number of anilines is 1. The van der Waals surface area contributed by atoms with Crippen LogP contribution in [0.2, 0.25) is 0 Å². The first kappa shape index (κ1) is 10.7. The van der Waals surface area contributed by atoms with Crippen molar-refractivity contribution in [1.82, 2.24) is 0 Å². The van der Waals surface area contributed by atoms with Crippen LogP contribution in [0.4, 0.5) is 5.69 Å². The molecule has 1 N–H and O–H groups in total. The first-order valence-corrected chi connectivity index (χ1v) is 6.93. The number of hydrogen-bond donors (Lipinski definition) is 1. The molecule has 15 heavy (non-hydrogen) atoms. The van der Waals surface area contributed by atoms with Crippen molar-refractivity contribution >= 4 is 28.4 Å². The highest BCUT2D eigenvalue weighted by atomic mass is 32.1. The summed E-state index contributed by atoms with van der Waals surface area (Å²) >= 11 is 3.63. The molecule has 0 spiro atoms. The van der Waals surface area contributed by atoms with Crippen LogP contribution in [0.5, 0.6) is 0 Å². The highest BCUT2D eigenvalue weighted by Gasteiger charge is 2.07. The molecule has 80 valence electrons. The molecule has 1 unspecified atom stereocenters. The Labute approximate surface area is 98.8 Å². The van der Waals surface area contributed by atoms with Gasteiger partial charge in [-0.05, 0) is 36.9 Å². The average molecular weight is 237 g/mol. The van der Waals surface area contributed by atoms with Gasteiger partial charge in [-0.25, -0.2) is 0 Å². The Morgan fingerprint density at radius 3 is 2.80 bits per heavy atom. The molecule has 0 fully saturated rings. The van der Waals surface area contributed by atoms with E-state index in [9.17, 15) is 0 Å². The van der Waals surface area contributed by atoms with Crippen molar-refractivity contribution < 1.29 is 0 Å². The SMILES string of the molecule is CCc1ccc(C(C)Nc2ccsc2)s1. The van der Waals surface area contributed by atoms with Gasteiger partial charge < -0.3 is 5.32 Å². The first-order chi connectivity index (χ1) is 7.29. The number of thiophene rings is 2. The average Bonchev–Trinajstić information content (AvgIpc) is 2.86. The van der Waals surface area contributed by atoms with Crippen molar-refractivity contribution in [2.45, 2.75) is 26.3 Å². The maximum absolute atomic E-state index is 3.50. The van der Waals surface area contributed by atoms with Crippen LogP contribution in [-0.2, 0) is 6.42 Å². The van der Waals surface area contributed by atoms with E-state index in [-0.39, 0.29) is 0 Å².